The number of nitrogens with zero attached hydrogens (tertiary/aromatic N) is 1. The van der Waals surface area contributed by atoms with Gasteiger partial charge in [0.1, 0.15) is 5.01 Å². The van der Waals surface area contributed by atoms with Crippen molar-refractivity contribution in [3.05, 3.63) is 63.9 Å². The van der Waals surface area contributed by atoms with Gasteiger partial charge in [-0.3, -0.25) is 0 Å². The van der Waals surface area contributed by atoms with Crippen molar-refractivity contribution in [2.45, 2.75) is 6.92 Å². The molecule has 3 heteroatoms. The van der Waals surface area contributed by atoms with E-state index in [-0.39, 0.29) is 0 Å². The molecule has 0 saturated heterocycles. The van der Waals surface area contributed by atoms with Crippen molar-refractivity contribution in [2.24, 2.45) is 0 Å². The Kier molecular flexibility index (Phi) is 3.49. The first-order valence-electron chi connectivity index (χ1n) is 6.01. The first kappa shape index (κ1) is 12.6. The number of hydrogen-bond donors (Lipinski definition) is 0. The van der Waals surface area contributed by atoms with Crippen LogP contribution in [-0.2, 0) is 0 Å². The van der Waals surface area contributed by atoms with Crippen molar-refractivity contribution in [2.75, 3.05) is 0 Å². The molecule has 1 nitrogen and oxygen atoms in total. The van der Waals surface area contributed by atoms with Crippen molar-refractivity contribution >= 4 is 27.3 Å². The summed E-state index contributed by atoms with van der Waals surface area (Å²) in [6.07, 6.45) is 0. The van der Waals surface area contributed by atoms with Crippen LogP contribution in [0.3, 0.4) is 0 Å². The van der Waals surface area contributed by atoms with E-state index in [4.69, 9.17) is 4.98 Å². The zero-order valence-electron chi connectivity index (χ0n) is 10.4. The van der Waals surface area contributed by atoms with Crippen LogP contribution < -0.4 is 0 Å². The molecule has 0 unspecified atom stereocenters. The summed E-state index contributed by atoms with van der Waals surface area (Å²) in [6.45, 7) is 2.10. The van der Waals surface area contributed by atoms with Crippen LogP contribution in [0, 0.1) is 6.92 Å². The lowest BCUT2D eigenvalue weighted by molar-refractivity contribution is 1.38. The van der Waals surface area contributed by atoms with Gasteiger partial charge in [0.15, 0.2) is 0 Å². The molecular formula is C16H12BrNS. The summed E-state index contributed by atoms with van der Waals surface area (Å²) in [6, 6.07) is 16.6. The monoisotopic (exact) mass is 329 g/mol. The molecule has 0 aliphatic rings. The third-order valence-corrected chi connectivity index (χ3v) is 4.50. The number of thiazole rings is 1. The Morgan fingerprint density at radius 3 is 2.68 bits per heavy atom. The van der Waals surface area contributed by atoms with E-state index in [0.29, 0.717) is 0 Å². The van der Waals surface area contributed by atoms with Crippen molar-refractivity contribution in [3.63, 3.8) is 0 Å². The molecule has 0 radical (unpaired) electrons. The highest BCUT2D eigenvalue weighted by atomic mass is 79.9. The molecule has 0 atom stereocenters. The second kappa shape index (κ2) is 5.27. The van der Waals surface area contributed by atoms with Crippen LogP contribution in [0.5, 0.6) is 0 Å². The number of rotatable bonds is 2. The van der Waals surface area contributed by atoms with Crippen LogP contribution in [-0.4, -0.2) is 4.98 Å². The average Bonchev–Trinajstić information content (AvgIpc) is 2.89. The van der Waals surface area contributed by atoms with Gasteiger partial charge in [0.2, 0.25) is 0 Å². The summed E-state index contributed by atoms with van der Waals surface area (Å²) in [7, 11) is 0. The summed E-state index contributed by atoms with van der Waals surface area (Å²) in [4.78, 5) is 4.74. The molecule has 0 aliphatic carbocycles. The fourth-order valence-electron chi connectivity index (χ4n) is 1.98. The highest BCUT2D eigenvalue weighted by Gasteiger charge is 2.08. The quantitative estimate of drug-likeness (QED) is 0.600. The number of hydrogen-bond acceptors (Lipinski definition) is 2. The van der Waals surface area contributed by atoms with Crippen LogP contribution in [0.15, 0.2) is 58.4 Å². The second-order valence-corrected chi connectivity index (χ2v) is 6.10. The van der Waals surface area contributed by atoms with Gasteiger partial charge >= 0.3 is 0 Å². The summed E-state index contributed by atoms with van der Waals surface area (Å²) >= 11 is 5.26. The summed E-state index contributed by atoms with van der Waals surface area (Å²) < 4.78 is 1.08. The zero-order chi connectivity index (χ0) is 13.2. The number of aromatic nitrogens is 1. The van der Waals surface area contributed by atoms with Crippen LogP contribution in [0.2, 0.25) is 0 Å². The highest BCUT2D eigenvalue weighted by Crippen LogP contribution is 2.32. The molecular weight excluding hydrogens is 318 g/mol. The molecule has 94 valence electrons. The number of halogens is 1. The molecule has 0 N–H and O–H groups in total. The fraction of sp³-hybridized carbons (Fsp3) is 0.0625. The Morgan fingerprint density at radius 1 is 1.05 bits per heavy atom. The molecule has 3 aromatic rings. The van der Waals surface area contributed by atoms with Gasteiger partial charge in [-0.1, -0.05) is 57.9 Å². The zero-order valence-corrected chi connectivity index (χ0v) is 12.8. The number of aryl methyl sites for hydroxylation is 1. The van der Waals surface area contributed by atoms with Crippen molar-refractivity contribution in [1.82, 2.24) is 4.98 Å². The molecule has 0 bridgehead atoms. The van der Waals surface area contributed by atoms with E-state index in [0.717, 1.165) is 20.7 Å². The maximum Gasteiger partial charge on any atom is 0.124 e. The van der Waals surface area contributed by atoms with E-state index >= 15 is 0 Å². The SMILES string of the molecule is Cc1cccc(-c2nc(-c3ccccc3Br)cs2)c1. The van der Waals surface area contributed by atoms with Gasteiger partial charge in [0.25, 0.3) is 0 Å². The van der Waals surface area contributed by atoms with E-state index in [1.54, 1.807) is 11.3 Å². The molecule has 2 aromatic carbocycles. The maximum atomic E-state index is 4.74. The third-order valence-electron chi connectivity index (χ3n) is 2.92. The largest absolute Gasteiger partial charge is 0.236 e. The van der Waals surface area contributed by atoms with E-state index < -0.39 is 0 Å². The van der Waals surface area contributed by atoms with Gasteiger partial charge in [-0.05, 0) is 19.1 Å². The lowest BCUT2D eigenvalue weighted by atomic mass is 10.1. The van der Waals surface area contributed by atoms with Crippen molar-refractivity contribution in [3.8, 4) is 21.8 Å². The van der Waals surface area contributed by atoms with Gasteiger partial charge in [-0.15, -0.1) is 11.3 Å². The smallest absolute Gasteiger partial charge is 0.124 e. The molecule has 0 saturated carbocycles. The molecule has 3 rings (SSSR count). The van der Waals surface area contributed by atoms with Gasteiger partial charge in [-0.2, -0.15) is 0 Å². The molecule has 1 heterocycles. The Morgan fingerprint density at radius 2 is 1.89 bits per heavy atom. The molecule has 19 heavy (non-hydrogen) atoms. The van der Waals surface area contributed by atoms with E-state index in [9.17, 15) is 0 Å². The van der Waals surface area contributed by atoms with Crippen molar-refractivity contribution in [1.29, 1.82) is 0 Å². The maximum absolute atomic E-state index is 4.74. The summed E-state index contributed by atoms with van der Waals surface area (Å²) in [5.74, 6) is 0. The third kappa shape index (κ3) is 2.62. The molecule has 0 aliphatic heterocycles. The second-order valence-electron chi connectivity index (χ2n) is 4.39. The first-order chi connectivity index (χ1) is 9.24. The number of benzene rings is 2. The van der Waals surface area contributed by atoms with E-state index in [1.165, 1.54) is 11.1 Å². The van der Waals surface area contributed by atoms with Crippen LogP contribution in [0.1, 0.15) is 5.56 Å². The van der Waals surface area contributed by atoms with Gasteiger partial charge in [0.05, 0.1) is 5.69 Å². The topological polar surface area (TPSA) is 12.9 Å². The Hall–Kier alpha value is -1.45. The van der Waals surface area contributed by atoms with Crippen LogP contribution >= 0.6 is 27.3 Å². The van der Waals surface area contributed by atoms with Crippen LogP contribution in [0.25, 0.3) is 21.8 Å². The van der Waals surface area contributed by atoms with Gasteiger partial charge in [0, 0.05) is 21.0 Å². The minimum Gasteiger partial charge on any atom is -0.236 e. The lowest BCUT2D eigenvalue weighted by Crippen LogP contribution is -1.81. The minimum atomic E-state index is 1.02. The Bertz CT molecular complexity index is 718. The predicted octanol–water partition coefficient (Wildman–Crippen LogP) is 5.55. The standard InChI is InChI=1S/C16H12BrNS/c1-11-5-4-6-12(9-11)16-18-15(10-19-16)13-7-2-3-8-14(13)17/h2-10H,1H3. The normalized spacial score (nSPS) is 10.6. The summed E-state index contributed by atoms with van der Waals surface area (Å²) in [5, 5.41) is 3.17. The minimum absolute atomic E-state index is 1.02. The first-order valence-corrected chi connectivity index (χ1v) is 7.69. The molecule has 1 aromatic heterocycles. The van der Waals surface area contributed by atoms with Crippen molar-refractivity contribution < 1.29 is 0 Å². The van der Waals surface area contributed by atoms with Crippen LogP contribution in [0.4, 0.5) is 0 Å². The average molecular weight is 330 g/mol. The molecule has 0 spiro atoms. The van der Waals surface area contributed by atoms with Gasteiger partial charge < -0.3 is 0 Å². The fourth-order valence-corrected chi connectivity index (χ4v) is 3.28. The molecule has 0 fully saturated rings. The highest BCUT2D eigenvalue weighted by molar-refractivity contribution is 9.10. The summed E-state index contributed by atoms with van der Waals surface area (Å²) in [5.41, 5.74) is 4.60. The van der Waals surface area contributed by atoms with Gasteiger partial charge in [-0.25, -0.2) is 4.98 Å². The van der Waals surface area contributed by atoms with E-state index in [1.807, 2.05) is 18.2 Å². The van der Waals surface area contributed by atoms with E-state index in [2.05, 4.69) is 58.6 Å². The Labute approximate surface area is 125 Å². The Balaban J connectivity index is 2.03. The molecule has 0 amide bonds. The lowest BCUT2D eigenvalue weighted by Gasteiger charge is -2.00. The predicted molar refractivity (Wildman–Crippen MR) is 85.4 cm³/mol.